The van der Waals surface area contributed by atoms with Gasteiger partial charge in [0.1, 0.15) is 0 Å². The third-order valence-corrected chi connectivity index (χ3v) is 27.8. The monoisotopic (exact) mass is 480 g/mol. The topological polar surface area (TPSA) is 0 Å². The van der Waals surface area contributed by atoms with Crippen LogP contribution in [0.2, 0.25) is 16.7 Å². The van der Waals surface area contributed by atoms with E-state index in [0.29, 0.717) is 0 Å². The Morgan fingerprint density at radius 3 is 2.04 bits per heavy atom. The van der Waals surface area contributed by atoms with Crippen molar-refractivity contribution >= 4 is 22.3 Å². The van der Waals surface area contributed by atoms with Crippen molar-refractivity contribution in [2.45, 2.75) is 55.0 Å². The average molecular weight is 482 g/mol. The summed E-state index contributed by atoms with van der Waals surface area (Å²) in [5.41, 5.74) is 14.0. The van der Waals surface area contributed by atoms with Crippen LogP contribution in [0, 0.1) is 0 Å². The van der Waals surface area contributed by atoms with Crippen molar-refractivity contribution in [3.05, 3.63) is 85.6 Å². The predicted molar refractivity (Wildman–Crippen MR) is 123 cm³/mol. The van der Waals surface area contributed by atoms with Crippen molar-refractivity contribution in [1.82, 2.24) is 0 Å². The number of benzene rings is 1. The molecule has 3 heteroatoms. The Hall–Kier alpha value is -0.760. The van der Waals surface area contributed by atoms with Gasteiger partial charge >= 0.3 is 183 Å². The number of thiophene rings is 1. The summed E-state index contributed by atoms with van der Waals surface area (Å²) in [7, 11) is 0. The van der Waals surface area contributed by atoms with Crippen LogP contribution in [-0.4, -0.2) is 5.43 Å². The Bertz CT molecular complexity index is 1050. The number of rotatable bonds is 3. The van der Waals surface area contributed by atoms with E-state index < -0.39 is 20.4 Å². The summed E-state index contributed by atoms with van der Waals surface area (Å²) in [4.78, 5) is 0. The molecule has 1 heterocycles. The first kappa shape index (κ1) is 20.5. The number of allylic oxidation sites excluding steroid dienone is 5. The first-order chi connectivity index (χ1) is 13.3. The fraction of sp³-hybridized carbons (Fsp3) is 0.360. The van der Waals surface area contributed by atoms with Crippen molar-refractivity contribution in [2.24, 2.45) is 0 Å². The molecule has 144 valence electrons. The summed E-state index contributed by atoms with van der Waals surface area (Å²) in [6.45, 7) is 17.3. The molecule has 0 fully saturated rings. The summed E-state index contributed by atoms with van der Waals surface area (Å²) in [5.74, 6) is 0. The average Bonchev–Trinajstić information content (AvgIpc) is 3.33. The Morgan fingerprint density at radius 1 is 0.821 bits per heavy atom. The van der Waals surface area contributed by atoms with E-state index >= 15 is 0 Å². The zero-order valence-electron chi connectivity index (χ0n) is 18.1. The number of fused-ring (bicyclic) bond motifs is 1. The van der Waals surface area contributed by atoms with Crippen molar-refractivity contribution in [3.63, 3.8) is 0 Å². The molecule has 2 aliphatic rings. The van der Waals surface area contributed by atoms with Gasteiger partial charge < -0.3 is 0 Å². The van der Waals surface area contributed by atoms with Crippen LogP contribution in [-0.2, 0) is 20.4 Å². The molecule has 2 aromatic rings. The van der Waals surface area contributed by atoms with Crippen molar-refractivity contribution in [2.75, 3.05) is 0 Å². The molecule has 1 atom stereocenters. The zero-order chi connectivity index (χ0) is 20.2. The van der Waals surface area contributed by atoms with Crippen LogP contribution < -0.4 is 0 Å². The van der Waals surface area contributed by atoms with E-state index in [-0.39, 0.29) is 5.43 Å². The minimum absolute atomic E-state index is 0.319. The number of hydrogen-bond acceptors (Lipinski definition) is 1. The third-order valence-electron chi connectivity index (χ3n) is 6.99. The van der Waals surface area contributed by atoms with Gasteiger partial charge in [-0.1, -0.05) is 0 Å². The Labute approximate surface area is 182 Å². The van der Waals surface area contributed by atoms with Crippen LogP contribution in [0.4, 0.5) is 0 Å². The maximum atomic E-state index is 2.61. The van der Waals surface area contributed by atoms with Crippen molar-refractivity contribution in [1.29, 1.82) is 0 Å². The molecule has 2 aliphatic carbocycles. The molecule has 0 bridgehead atoms. The second kappa shape index (κ2) is 7.82. The van der Waals surface area contributed by atoms with Gasteiger partial charge in [0.15, 0.2) is 0 Å². The first-order valence-corrected chi connectivity index (χ1v) is 20.2. The van der Waals surface area contributed by atoms with Crippen LogP contribution in [0.1, 0.15) is 54.9 Å². The fourth-order valence-corrected chi connectivity index (χ4v) is 27.5. The summed E-state index contributed by atoms with van der Waals surface area (Å²) in [6.07, 6.45) is 0. The molecular formula is C25H30SSiZr. The maximum absolute atomic E-state index is 2.61. The molecule has 0 spiro atoms. The molecule has 28 heavy (non-hydrogen) atoms. The second-order valence-electron chi connectivity index (χ2n) is 8.59. The minimum atomic E-state index is -1.86. The molecule has 0 radical (unpaired) electrons. The first-order valence-electron chi connectivity index (χ1n) is 10.2. The van der Waals surface area contributed by atoms with Gasteiger partial charge in [0.25, 0.3) is 0 Å². The van der Waals surface area contributed by atoms with Gasteiger partial charge in [-0.15, -0.1) is 0 Å². The van der Waals surface area contributed by atoms with Gasteiger partial charge in [-0.25, -0.2) is 0 Å². The van der Waals surface area contributed by atoms with Crippen LogP contribution in [0.25, 0.3) is 5.57 Å². The van der Waals surface area contributed by atoms with E-state index in [2.05, 4.69) is 88.8 Å². The second-order valence-corrected chi connectivity index (χ2v) is 27.2. The van der Waals surface area contributed by atoms with Gasteiger partial charge in [-0.3, -0.25) is 0 Å². The summed E-state index contributed by atoms with van der Waals surface area (Å²) < 4.78 is 1.52. The third kappa shape index (κ3) is 3.09. The zero-order valence-corrected chi connectivity index (χ0v) is 22.4. The fourth-order valence-electron chi connectivity index (χ4n) is 5.32. The molecule has 1 aromatic carbocycles. The molecule has 0 nitrogen and oxygen atoms in total. The quantitative estimate of drug-likeness (QED) is 0.390. The van der Waals surface area contributed by atoms with Gasteiger partial charge in [-0.2, -0.15) is 0 Å². The van der Waals surface area contributed by atoms with Crippen LogP contribution in [0.3, 0.4) is 0 Å². The molecule has 0 saturated carbocycles. The van der Waals surface area contributed by atoms with Crippen molar-refractivity contribution in [3.8, 4) is 0 Å². The molecule has 4 rings (SSSR count). The molecule has 0 N–H and O–H groups in total. The summed E-state index contributed by atoms with van der Waals surface area (Å²) in [6, 6.07) is 11.6. The summed E-state index contributed by atoms with van der Waals surface area (Å²) in [5, 5.41) is 4.56. The molecule has 1 aromatic heterocycles. The van der Waals surface area contributed by atoms with Crippen LogP contribution in [0.5, 0.6) is 0 Å². The van der Waals surface area contributed by atoms with E-state index in [0.717, 1.165) is 7.25 Å². The molecule has 0 amide bonds. The number of hydrogen-bond donors (Lipinski definition) is 0. The van der Waals surface area contributed by atoms with Gasteiger partial charge in [0, 0.05) is 0 Å². The van der Waals surface area contributed by atoms with Crippen LogP contribution >= 0.6 is 11.3 Å². The Balaban J connectivity index is 1.96. The van der Waals surface area contributed by atoms with E-state index in [1.54, 1.807) is 33.4 Å². The molecular weight excluding hydrogens is 452 g/mol. The summed E-state index contributed by atoms with van der Waals surface area (Å²) >= 11 is -0.0408. The van der Waals surface area contributed by atoms with Gasteiger partial charge in [-0.05, 0) is 0 Å². The Morgan fingerprint density at radius 2 is 1.46 bits per heavy atom. The van der Waals surface area contributed by atoms with E-state index in [4.69, 9.17) is 0 Å². The van der Waals surface area contributed by atoms with Crippen LogP contribution in [0.15, 0.2) is 69.0 Å². The SMILES string of the molecule is CC1=C(C)[CH]([Zr]([CH]2C(C)=C(c3ccsc3)c3ccccc32)=[Si](C)C)C(C)=C1C. The van der Waals surface area contributed by atoms with E-state index in [1.807, 2.05) is 11.3 Å². The molecule has 1 unspecified atom stereocenters. The molecule has 0 saturated heterocycles. The normalized spacial score (nSPS) is 19.8. The van der Waals surface area contributed by atoms with E-state index in [1.165, 1.54) is 16.7 Å². The van der Waals surface area contributed by atoms with Crippen molar-refractivity contribution < 1.29 is 20.4 Å². The van der Waals surface area contributed by atoms with E-state index in [9.17, 15) is 0 Å². The van der Waals surface area contributed by atoms with Gasteiger partial charge in [0.05, 0.1) is 0 Å². The Kier molecular flexibility index (Phi) is 5.73. The van der Waals surface area contributed by atoms with Gasteiger partial charge in [0.2, 0.25) is 0 Å². The molecule has 0 aliphatic heterocycles. The standard InChI is InChI=1S/C14H11S.C9H13.C2H6Si.Zr/c1-10-8-11-4-2-3-5-13(11)14(10)12-6-7-15-9-12;1-6-5-7(2)9(4)8(6)3;1-3-2;/h2-9H,1H3;5H,1-4H3;1-2H3;. The predicted octanol–water partition coefficient (Wildman–Crippen LogP) is 7.97.